The van der Waals surface area contributed by atoms with Crippen LogP contribution in [0.15, 0.2) is 24.3 Å². The lowest BCUT2D eigenvalue weighted by Gasteiger charge is -2.35. The highest BCUT2D eigenvalue weighted by Gasteiger charge is 2.21. The molecule has 1 aliphatic heterocycles. The Morgan fingerprint density at radius 3 is 2.46 bits per heavy atom. The van der Waals surface area contributed by atoms with Crippen LogP contribution in [-0.4, -0.2) is 48.5 Å². The first kappa shape index (κ1) is 19.8. The topological polar surface area (TPSA) is 103 Å². The summed E-state index contributed by atoms with van der Waals surface area (Å²) in [6.07, 6.45) is 0. The molecule has 0 atom stereocenters. The van der Waals surface area contributed by atoms with Gasteiger partial charge in [0.1, 0.15) is 11.1 Å². The second kappa shape index (κ2) is 8.37. The molecule has 0 bridgehead atoms. The lowest BCUT2D eigenvalue weighted by molar-refractivity contribution is -0.384. The minimum Gasteiger partial charge on any atom is -0.369 e. The molecule has 0 saturated carbocycles. The van der Waals surface area contributed by atoms with Crippen molar-refractivity contribution in [2.45, 2.75) is 13.8 Å². The predicted octanol–water partition coefficient (Wildman–Crippen LogP) is 2.91. The zero-order valence-electron chi connectivity index (χ0n) is 15.8. The summed E-state index contributed by atoms with van der Waals surface area (Å²) in [5.41, 5.74) is 2.48. The van der Waals surface area contributed by atoms with Gasteiger partial charge in [-0.3, -0.25) is 19.8 Å². The largest absolute Gasteiger partial charge is 0.369 e. The average Bonchev–Trinajstić information content (AvgIpc) is 2.95. The van der Waals surface area contributed by atoms with Crippen molar-refractivity contribution in [2.75, 3.05) is 42.9 Å². The minimum atomic E-state index is -0.408. The van der Waals surface area contributed by atoms with Crippen LogP contribution in [0.3, 0.4) is 0 Å². The number of carbonyl (C=O) groups is 1. The fourth-order valence-corrected chi connectivity index (χ4v) is 4.20. The van der Waals surface area contributed by atoms with E-state index in [1.165, 1.54) is 23.5 Å². The number of hydrogen-bond acceptors (Lipinski definition) is 7. The van der Waals surface area contributed by atoms with Crippen molar-refractivity contribution in [1.29, 1.82) is 5.26 Å². The highest BCUT2D eigenvalue weighted by Crippen LogP contribution is 2.31. The lowest BCUT2D eigenvalue weighted by atomic mass is 10.2. The number of amides is 1. The Morgan fingerprint density at radius 1 is 1.25 bits per heavy atom. The molecule has 28 heavy (non-hydrogen) atoms. The standard InChI is InChI=1S/C19H21N5O3S/c1-13-14(2)28-19(17(13)11-20)21-18(25)12-22-7-9-23(10-8-22)15-3-5-16(6-4-15)24(26)27/h3-6H,7-10,12H2,1-2H3,(H,21,25). The summed E-state index contributed by atoms with van der Waals surface area (Å²) in [4.78, 5) is 28.0. The molecule has 0 unspecified atom stereocenters. The molecule has 1 N–H and O–H groups in total. The maximum absolute atomic E-state index is 12.4. The molecular weight excluding hydrogens is 378 g/mol. The van der Waals surface area contributed by atoms with E-state index in [1.54, 1.807) is 12.1 Å². The third-order valence-corrected chi connectivity index (χ3v) is 6.04. The second-order valence-electron chi connectivity index (χ2n) is 6.68. The number of thiophene rings is 1. The summed E-state index contributed by atoms with van der Waals surface area (Å²) in [7, 11) is 0. The second-order valence-corrected chi connectivity index (χ2v) is 7.91. The van der Waals surface area contributed by atoms with E-state index < -0.39 is 4.92 Å². The Bertz CT molecular complexity index is 924. The van der Waals surface area contributed by atoms with Gasteiger partial charge in [0.05, 0.1) is 17.0 Å². The number of rotatable bonds is 5. The molecule has 1 aromatic carbocycles. The molecule has 146 valence electrons. The van der Waals surface area contributed by atoms with Gasteiger partial charge >= 0.3 is 0 Å². The van der Waals surface area contributed by atoms with Crippen molar-refractivity contribution >= 4 is 33.6 Å². The molecule has 0 radical (unpaired) electrons. The van der Waals surface area contributed by atoms with Crippen LogP contribution in [0.1, 0.15) is 16.0 Å². The van der Waals surface area contributed by atoms with Gasteiger partial charge in [0.25, 0.3) is 5.69 Å². The fraction of sp³-hybridized carbons (Fsp3) is 0.368. The van der Waals surface area contributed by atoms with Crippen LogP contribution in [0.2, 0.25) is 0 Å². The van der Waals surface area contributed by atoms with E-state index in [1.807, 2.05) is 13.8 Å². The first-order chi connectivity index (χ1) is 13.4. The van der Waals surface area contributed by atoms with Crippen LogP contribution >= 0.6 is 11.3 Å². The summed E-state index contributed by atoms with van der Waals surface area (Å²) in [6, 6.07) is 8.69. The number of non-ortho nitro benzene ring substituents is 1. The molecule has 0 spiro atoms. The van der Waals surface area contributed by atoms with Crippen molar-refractivity contribution in [2.24, 2.45) is 0 Å². The zero-order valence-corrected chi connectivity index (χ0v) is 16.6. The number of benzene rings is 1. The number of aryl methyl sites for hydroxylation is 1. The van der Waals surface area contributed by atoms with Crippen LogP contribution in [0.5, 0.6) is 0 Å². The smallest absolute Gasteiger partial charge is 0.269 e. The SMILES string of the molecule is Cc1sc(NC(=O)CN2CCN(c3ccc([N+](=O)[O-])cc3)CC2)c(C#N)c1C. The van der Waals surface area contributed by atoms with Gasteiger partial charge in [-0.05, 0) is 31.5 Å². The van der Waals surface area contributed by atoms with Crippen LogP contribution in [0, 0.1) is 35.3 Å². The number of nitrogens with one attached hydrogen (secondary N) is 1. The Labute approximate surface area is 167 Å². The van der Waals surface area contributed by atoms with E-state index in [0.29, 0.717) is 10.6 Å². The Kier molecular flexibility index (Phi) is 5.92. The van der Waals surface area contributed by atoms with Gasteiger partial charge in [-0.2, -0.15) is 5.26 Å². The Balaban J connectivity index is 1.53. The first-order valence-corrected chi connectivity index (χ1v) is 9.72. The molecule has 9 heteroatoms. The quantitative estimate of drug-likeness (QED) is 0.613. The highest BCUT2D eigenvalue weighted by molar-refractivity contribution is 7.16. The van der Waals surface area contributed by atoms with Crippen LogP contribution in [-0.2, 0) is 4.79 Å². The summed E-state index contributed by atoms with van der Waals surface area (Å²) in [6.45, 7) is 7.02. The number of carbonyl (C=O) groups excluding carboxylic acids is 1. The Hall–Kier alpha value is -2.96. The summed E-state index contributed by atoms with van der Waals surface area (Å²) in [5.74, 6) is -0.124. The number of nitro groups is 1. The van der Waals surface area contributed by atoms with Crippen molar-refractivity contribution < 1.29 is 9.72 Å². The molecule has 1 saturated heterocycles. The molecule has 2 aromatic rings. The lowest BCUT2D eigenvalue weighted by Crippen LogP contribution is -2.48. The third-order valence-electron chi connectivity index (χ3n) is 4.92. The van der Waals surface area contributed by atoms with E-state index in [2.05, 4.69) is 21.2 Å². The normalized spacial score (nSPS) is 14.5. The van der Waals surface area contributed by atoms with Gasteiger partial charge in [0.15, 0.2) is 0 Å². The van der Waals surface area contributed by atoms with Crippen LogP contribution in [0.25, 0.3) is 0 Å². The summed E-state index contributed by atoms with van der Waals surface area (Å²) >= 11 is 1.43. The summed E-state index contributed by atoms with van der Waals surface area (Å²) in [5, 5.41) is 23.5. The monoisotopic (exact) mass is 399 g/mol. The van der Waals surface area contributed by atoms with Gasteiger partial charge < -0.3 is 10.2 Å². The summed E-state index contributed by atoms with van der Waals surface area (Å²) < 4.78 is 0. The van der Waals surface area contributed by atoms with E-state index >= 15 is 0 Å². The third kappa shape index (κ3) is 4.30. The van der Waals surface area contributed by atoms with Crippen molar-refractivity contribution in [3.05, 3.63) is 50.4 Å². The number of hydrogen-bond donors (Lipinski definition) is 1. The number of nitriles is 1. The van der Waals surface area contributed by atoms with E-state index in [9.17, 15) is 20.2 Å². The molecule has 1 fully saturated rings. The molecule has 8 nitrogen and oxygen atoms in total. The predicted molar refractivity (Wildman–Crippen MR) is 109 cm³/mol. The molecule has 0 aliphatic carbocycles. The average molecular weight is 399 g/mol. The molecular formula is C19H21N5O3S. The minimum absolute atomic E-state index is 0.0786. The van der Waals surface area contributed by atoms with Crippen LogP contribution in [0.4, 0.5) is 16.4 Å². The zero-order chi connectivity index (χ0) is 20.3. The van der Waals surface area contributed by atoms with Crippen molar-refractivity contribution in [3.63, 3.8) is 0 Å². The van der Waals surface area contributed by atoms with Gasteiger partial charge in [-0.25, -0.2) is 0 Å². The van der Waals surface area contributed by atoms with E-state index in [-0.39, 0.29) is 18.1 Å². The number of anilines is 2. The molecule has 3 rings (SSSR count). The maximum atomic E-state index is 12.4. The fourth-order valence-electron chi connectivity index (χ4n) is 3.17. The van der Waals surface area contributed by atoms with Gasteiger partial charge in [0.2, 0.25) is 5.91 Å². The number of nitrogens with zero attached hydrogens (tertiary/aromatic N) is 4. The number of nitro benzene ring substituents is 1. The molecule has 2 heterocycles. The van der Waals surface area contributed by atoms with Gasteiger partial charge in [-0.15, -0.1) is 11.3 Å². The number of piperazine rings is 1. The molecule has 1 amide bonds. The van der Waals surface area contributed by atoms with Crippen molar-refractivity contribution in [3.8, 4) is 6.07 Å². The first-order valence-electron chi connectivity index (χ1n) is 8.90. The Morgan fingerprint density at radius 2 is 1.89 bits per heavy atom. The van der Waals surface area contributed by atoms with E-state index in [4.69, 9.17) is 0 Å². The van der Waals surface area contributed by atoms with Crippen molar-refractivity contribution in [1.82, 2.24) is 4.90 Å². The van der Waals surface area contributed by atoms with Gasteiger partial charge in [-0.1, -0.05) is 0 Å². The highest BCUT2D eigenvalue weighted by atomic mass is 32.1. The molecule has 1 aromatic heterocycles. The molecule has 1 aliphatic rings. The van der Waals surface area contributed by atoms with Gasteiger partial charge in [0, 0.05) is 48.9 Å². The van der Waals surface area contributed by atoms with E-state index in [0.717, 1.165) is 42.3 Å². The van der Waals surface area contributed by atoms with Crippen LogP contribution < -0.4 is 10.2 Å². The maximum Gasteiger partial charge on any atom is 0.269 e.